The molecule has 0 amide bonds. The quantitative estimate of drug-likeness (QED) is 0.356. The van der Waals surface area contributed by atoms with Crippen molar-refractivity contribution in [3.05, 3.63) is 37.1 Å². The summed E-state index contributed by atoms with van der Waals surface area (Å²) in [5.74, 6) is 0. The second-order valence-electron chi connectivity index (χ2n) is 3.18. The maximum atomic E-state index is 5.45. The highest BCUT2D eigenvalue weighted by Crippen LogP contribution is 2.02. The van der Waals surface area contributed by atoms with Gasteiger partial charge in [-0.25, -0.2) is 0 Å². The zero-order chi connectivity index (χ0) is 8.74. The molecule has 0 fully saturated rings. The Hall–Kier alpha value is -0.763. The maximum absolute atomic E-state index is 5.45. The topological polar surface area (TPSA) is 9.23 Å². The third-order valence-corrected chi connectivity index (χ3v) is 1.70. The lowest BCUT2D eigenvalue weighted by Gasteiger charge is -2.13. The van der Waals surface area contributed by atoms with Crippen LogP contribution in [0.1, 0.15) is 0 Å². The second kappa shape index (κ2) is 4.96. The first-order valence-electron chi connectivity index (χ1n) is 3.68. The number of allylic oxidation sites excluding steroid dienone is 4. The fourth-order valence-corrected chi connectivity index (χ4v) is 0.918. The van der Waals surface area contributed by atoms with Gasteiger partial charge in [-0.3, -0.25) is 0 Å². The molecule has 0 aliphatic heterocycles. The maximum Gasteiger partial charge on any atom is 0.241 e. The van der Waals surface area contributed by atoms with Crippen LogP contribution < -0.4 is 0 Å². The van der Waals surface area contributed by atoms with Gasteiger partial charge in [0.2, 0.25) is 8.32 Å². The second-order valence-corrected chi connectivity index (χ2v) is 7.64. The van der Waals surface area contributed by atoms with Crippen LogP contribution in [0.3, 0.4) is 0 Å². The van der Waals surface area contributed by atoms with Crippen molar-refractivity contribution < 1.29 is 4.43 Å². The normalized spacial score (nSPS) is 12.6. The predicted octanol–water partition coefficient (Wildman–Crippen LogP) is 3.09. The summed E-state index contributed by atoms with van der Waals surface area (Å²) in [6, 6.07) is 0. The Kier molecular flexibility index (Phi) is 4.62. The van der Waals surface area contributed by atoms with Crippen molar-refractivity contribution in [2.75, 3.05) is 0 Å². The van der Waals surface area contributed by atoms with Crippen LogP contribution >= 0.6 is 0 Å². The molecule has 0 aromatic rings. The van der Waals surface area contributed by atoms with E-state index < -0.39 is 8.32 Å². The summed E-state index contributed by atoms with van der Waals surface area (Å²) in [5.41, 5.74) is 0. The van der Waals surface area contributed by atoms with Crippen molar-refractivity contribution >= 4 is 8.32 Å². The Morgan fingerprint density at radius 2 is 1.73 bits per heavy atom. The predicted molar refractivity (Wildman–Crippen MR) is 52.9 cm³/mol. The molecule has 2 heteroatoms. The van der Waals surface area contributed by atoms with Crippen LogP contribution in [-0.2, 0) is 4.43 Å². The van der Waals surface area contributed by atoms with E-state index in [0.717, 1.165) is 0 Å². The SMILES string of the molecule is C=C/C=C/C=C/O[Si](C)(C)C. The summed E-state index contributed by atoms with van der Waals surface area (Å²) < 4.78 is 5.45. The third kappa shape index (κ3) is 9.24. The minimum absolute atomic E-state index is 1.36. The smallest absolute Gasteiger partial charge is 0.241 e. The molecule has 0 saturated carbocycles. The molecular formula is C9H16OSi. The van der Waals surface area contributed by atoms with Gasteiger partial charge in [0.25, 0.3) is 0 Å². The van der Waals surface area contributed by atoms with Crippen molar-refractivity contribution in [2.24, 2.45) is 0 Å². The van der Waals surface area contributed by atoms with Gasteiger partial charge in [-0.2, -0.15) is 0 Å². The van der Waals surface area contributed by atoms with Crippen LogP contribution in [0.2, 0.25) is 19.6 Å². The Morgan fingerprint density at radius 3 is 2.18 bits per heavy atom. The van der Waals surface area contributed by atoms with E-state index in [-0.39, 0.29) is 0 Å². The monoisotopic (exact) mass is 168 g/mol. The molecule has 0 unspecified atom stereocenters. The van der Waals surface area contributed by atoms with E-state index >= 15 is 0 Å². The van der Waals surface area contributed by atoms with Crippen LogP contribution in [0.25, 0.3) is 0 Å². The van der Waals surface area contributed by atoms with Gasteiger partial charge >= 0.3 is 0 Å². The molecule has 0 aliphatic carbocycles. The van der Waals surface area contributed by atoms with Gasteiger partial charge in [0.1, 0.15) is 0 Å². The van der Waals surface area contributed by atoms with E-state index in [2.05, 4.69) is 26.2 Å². The minimum atomic E-state index is -1.36. The molecular weight excluding hydrogens is 152 g/mol. The lowest BCUT2D eigenvalue weighted by atomic mass is 10.5. The first-order valence-corrected chi connectivity index (χ1v) is 7.09. The lowest BCUT2D eigenvalue weighted by molar-refractivity contribution is 0.479. The molecule has 0 rings (SSSR count). The van der Waals surface area contributed by atoms with E-state index in [1.165, 1.54) is 0 Å². The largest absolute Gasteiger partial charge is 0.550 e. The summed E-state index contributed by atoms with van der Waals surface area (Å²) in [6.45, 7) is 10.00. The molecule has 0 N–H and O–H groups in total. The van der Waals surface area contributed by atoms with Crippen molar-refractivity contribution in [3.8, 4) is 0 Å². The molecule has 0 atom stereocenters. The summed E-state index contributed by atoms with van der Waals surface area (Å²) in [4.78, 5) is 0. The Bertz CT molecular complexity index is 163. The number of hydrogen-bond acceptors (Lipinski definition) is 1. The molecule has 1 nitrogen and oxygen atoms in total. The van der Waals surface area contributed by atoms with E-state index in [1.807, 2.05) is 18.2 Å². The van der Waals surface area contributed by atoms with Crippen LogP contribution in [-0.4, -0.2) is 8.32 Å². The fourth-order valence-electron chi connectivity index (χ4n) is 0.431. The van der Waals surface area contributed by atoms with Crippen molar-refractivity contribution in [1.29, 1.82) is 0 Å². The van der Waals surface area contributed by atoms with Gasteiger partial charge in [-0.15, -0.1) is 0 Å². The molecule has 62 valence electrons. The van der Waals surface area contributed by atoms with Crippen molar-refractivity contribution in [3.63, 3.8) is 0 Å². The van der Waals surface area contributed by atoms with Gasteiger partial charge in [0, 0.05) is 0 Å². The minimum Gasteiger partial charge on any atom is -0.550 e. The molecule has 0 spiro atoms. The molecule has 0 bridgehead atoms. The molecule has 0 aliphatic rings. The highest BCUT2D eigenvalue weighted by Gasteiger charge is 2.12. The van der Waals surface area contributed by atoms with E-state index in [4.69, 9.17) is 4.43 Å². The summed E-state index contributed by atoms with van der Waals surface area (Å²) in [5, 5.41) is 0. The first kappa shape index (κ1) is 10.2. The number of rotatable bonds is 4. The van der Waals surface area contributed by atoms with Gasteiger partial charge in [-0.05, 0) is 25.7 Å². The average Bonchev–Trinajstić information content (AvgIpc) is 1.85. The third-order valence-electron chi connectivity index (χ3n) is 0.858. The molecule has 0 radical (unpaired) electrons. The summed E-state index contributed by atoms with van der Waals surface area (Å²) in [7, 11) is -1.36. The van der Waals surface area contributed by atoms with Gasteiger partial charge in [0.05, 0.1) is 6.26 Å². The molecule has 11 heavy (non-hydrogen) atoms. The zero-order valence-electron chi connectivity index (χ0n) is 7.50. The molecule has 0 heterocycles. The first-order chi connectivity index (χ1) is 5.06. The fraction of sp³-hybridized carbons (Fsp3) is 0.333. The van der Waals surface area contributed by atoms with Gasteiger partial charge < -0.3 is 4.43 Å². The van der Waals surface area contributed by atoms with E-state index in [0.29, 0.717) is 0 Å². The summed E-state index contributed by atoms with van der Waals surface area (Å²) in [6.07, 6.45) is 9.11. The highest BCUT2D eigenvalue weighted by atomic mass is 28.4. The lowest BCUT2D eigenvalue weighted by Crippen LogP contribution is -2.21. The van der Waals surface area contributed by atoms with Crippen LogP contribution in [0.5, 0.6) is 0 Å². The Balaban J connectivity index is 3.61. The van der Waals surface area contributed by atoms with Crippen LogP contribution in [0.4, 0.5) is 0 Å². The molecule has 0 saturated heterocycles. The van der Waals surface area contributed by atoms with Gasteiger partial charge in [-0.1, -0.05) is 24.8 Å². The molecule has 0 aromatic carbocycles. The van der Waals surface area contributed by atoms with Crippen LogP contribution in [0, 0.1) is 0 Å². The van der Waals surface area contributed by atoms with Gasteiger partial charge in [0.15, 0.2) is 0 Å². The van der Waals surface area contributed by atoms with Crippen LogP contribution in [0.15, 0.2) is 37.1 Å². The number of hydrogen-bond donors (Lipinski definition) is 0. The average molecular weight is 168 g/mol. The Labute approximate surface area is 70.2 Å². The van der Waals surface area contributed by atoms with Crippen molar-refractivity contribution in [1.82, 2.24) is 0 Å². The van der Waals surface area contributed by atoms with E-state index in [1.54, 1.807) is 12.3 Å². The van der Waals surface area contributed by atoms with E-state index in [9.17, 15) is 0 Å². The Morgan fingerprint density at radius 1 is 1.09 bits per heavy atom. The summed E-state index contributed by atoms with van der Waals surface area (Å²) >= 11 is 0. The zero-order valence-corrected chi connectivity index (χ0v) is 8.50. The van der Waals surface area contributed by atoms with Crippen molar-refractivity contribution in [2.45, 2.75) is 19.6 Å². The molecule has 0 aromatic heterocycles. The highest BCUT2D eigenvalue weighted by molar-refractivity contribution is 6.69. The standard InChI is InChI=1S/C9H16OSi/c1-5-6-7-8-9-10-11(2,3)4/h5-9H,1H2,2-4H3/b7-6+,9-8+.